The van der Waals surface area contributed by atoms with Gasteiger partial charge >= 0.3 is 6.09 Å². The molecule has 0 aliphatic heterocycles. The van der Waals surface area contributed by atoms with Crippen LogP contribution in [0.2, 0.25) is 0 Å². The van der Waals surface area contributed by atoms with Crippen LogP contribution in [0.1, 0.15) is 58.6 Å². The van der Waals surface area contributed by atoms with Crippen molar-refractivity contribution in [1.82, 2.24) is 4.90 Å². The third-order valence-electron chi connectivity index (χ3n) is 4.03. The van der Waals surface area contributed by atoms with E-state index in [4.69, 9.17) is 10.5 Å². The largest absolute Gasteiger partial charge is 0.444 e. The Balaban J connectivity index is 2.98. The number of hydrogen-bond donors (Lipinski definition) is 1. The molecule has 1 atom stereocenters. The second kappa shape index (κ2) is 9.76. The lowest BCUT2D eigenvalue weighted by Crippen LogP contribution is -2.40. The predicted octanol–water partition coefficient (Wildman–Crippen LogP) is 4.50. The van der Waals surface area contributed by atoms with Gasteiger partial charge in [-0.2, -0.15) is 0 Å². The summed E-state index contributed by atoms with van der Waals surface area (Å²) < 4.78 is 19.3. The number of carbonyl (C=O) groups is 1. The SMILES string of the molecule is CCCC(CN)CN(Cc1ccc(F)c(CC)c1)C(=O)OC(C)(C)C. The number of halogens is 1. The lowest BCUT2D eigenvalue weighted by molar-refractivity contribution is 0.0201. The molecule has 0 aliphatic rings. The molecule has 1 amide bonds. The van der Waals surface area contributed by atoms with Gasteiger partial charge in [-0.05, 0) is 63.3 Å². The zero-order chi connectivity index (χ0) is 19.0. The van der Waals surface area contributed by atoms with Crippen LogP contribution in [0.15, 0.2) is 18.2 Å². The molecule has 5 heteroatoms. The Morgan fingerprint density at radius 1 is 1.32 bits per heavy atom. The van der Waals surface area contributed by atoms with Crippen molar-refractivity contribution in [2.45, 2.75) is 66.0 Å². The first-order valence-electron chi connectivity index (χ1n) is 9.15. The molecule has 0 aromatic heterocycles. The standard InChI is InChI=1S/C20H33FN2O2/c1-6-8-16(12-22)14-23(19(24)25-20(3,4)5)13-15-9-10-18(21)17(7-2)11-15/h9-11,16H,6-8,12-14,22H2,1-5H3. The lowest BCUT2D eigenvalue weighted by Gasteiger charge is -2.30. The molecule has 4 nitrogen and oxygen atoms in total. The minimum Gasteiger partial charge on any atom is -0.444 e. The fraction of sp³-hybridized carbons (Fsp3) is 0.650. The van der Waals surface area contributed by atoms with E-state index in [0.717, 1.165) is 18.4 Å². The number of carbonyl (C=O) groups excluding carboxylic acids is 1. The van der Waals surface area contributed by atoms with Crippen LogP contribution >= 0.6 is 0 Å². The Morgan fingerprint density at radius 2 is 2.00 bits per heavy atom. The molecule has 2 N–H and O–H groups in total. The molecule has 1 rings (SSSR count). The Labute approximate surface area is 151 Å². The Kier molecular flexibility index (Phi) is 8.36. The van der Waals surface area contributed by atoms with E-state index in [1.165, 1.54) is 6.07 Å². The Morgan fingerprint density at radius 3 is 2.52 bits per heavy atom. The summed E-state index contributed by atoms with van der Waals surface area (Å²) in [6.07, 6.45) is 2.23. The molecule has 1 unspecified atom stereocenters. The minimum atomic E-state index is -0.560. The van der Waals surface area contributed by atoms with Gasteiger partial charge < -0.3 is 15.4 Å². The van der Waals surface area contributed by atoms with Crippen molar-refractivity contribution in [2.24, 2.45) is 11.7 Å². The first kappa shape index (κ1) is 21.4. The summed E-state index contributed by atoms with van der Waals surface area (Å²) in [5.41, 5.74) is 6.86. The molecule has 0 saturated carbocycles. The van der Waals surface area contributed by atoms with Crippen molar-refractivity contribution in [3.8, 4) is 0 Å². The maximum atomic E-state index is 13.7. The minimum absolute atomic E-state index is 0.208. The van der Waals surface area contributed by atoms with E-state index in [0.29, 0.717) is 31.6 Å². The molecular weight excluding hydrogens is 319 g/mol. The van der Waals surface area contributed by atoms with Crippen LogP contribution in [-0.4, -0.2) is 29.7 Å². The average molecular weight is 352 g/mol. The molecule has 1 aromatic rings. The van der Waals surface area contributed by atoms with Gasteiger partial charge in [0.2, 0.25) is 0 Å². The van der Waals surface area contributed by atoms with Crippen molar-refractivity contribution in [3.05, 3.63) is 35.1 Å². The van der Waals surface area contributed by atoms with Crippen LogP contribution in [0.5, 0.6) is 0 Å². The third-order valence-corrected chi connectivity index (χ3v) is 4.03. The normalized spacial score (nSPS) is 12.8. The average Bonchev–Trinajstić information content (AvgIpc) is 2.53. The Hall–Kier alpha value is -1.62. The summed E-state index contributed by atoms with van der Waals surface area (Å²) in [7, 11) is 0. The summed E-state index contributed by atoms with van der Waals surface area (Å²) in [6.45, 7) is 11.0. The van der Waals surface area contributed by atoms with Gasteiger partial charge in [-0.15, -0.1) is 0 Å². The summed E-state index contributed by atoms with van der Waals surface area (Å²) in [6, 6.07) is 5.01. The first-order chi connectivity index (χ1) is 11.7. The number of nitrogens with zero attached hydrogens (tertiary/aromatic N) is 1. The first-order valence-corrected chi connectivity index (χ1v) is 9.15. The number of rotatable bonds is 8. The highest BCUT2D eigenvalue weighted by molar-refractivity contribution is 5.68. The van der Waals surface area contributed by atoms with Crippen LogP contribution in [0.4, 0.5) is 9.18 Å². The number of aryl methyl sites for hydroxylation is 1. The van der Waals surface area contributed by atoms with E-state index >= 15 is 0 Å². The van der Waals surface area contributed by atoms with Crippen LogP contribution < -0.4 is 5.73 Å². The topological polar surface area (TPSA) is 55.6 Å². The highest BCUT2D eigenvalue weighted by Crippen LogP contribution is 2.18. The number of hydrogen-bond acceptors (Lipinski definition) is 3. The van der Waals surface area contributed by atoms with Crippen molar-refractivity contribution in [2.75, 3.05) is 13.1 Å². The molecule has 0 bridgehead atoms. The molecule has 1 aromatic carbocycles. The summed E-state index contributed by atoms with van der Waals surface area (Å²) in [5, 5.41) is 0. The van der Waals surface area contributed by atoms with Gasteiger partial charge in [-0.1, -0.05) is 32.4 Å². The van der Waals surface area contributed by atoms with Gasteiger partial charge in [0.25, 0.3) is 0 Å². The van der Waals surface area contributed by atoms with Crippen molar-refractivity contribution >= 4 is 6.09 Å². The van der Waals surface area contributed by atoms with Gasteiger partial charge in [0.15, 0.2) is 0 Å². The molecule has 0 saturated heterocycles. The number of amides is 1. The molecule has 25 heavy (non-hydrogen) atoms. The van der Waals surface area contributed by atoms with Gasteiger partial charge in [-0.25, -0.2) is 9.18 Å². The zero-order valence-electron chi connectivity index (χ0n) is 16.3. The van der Waals surface area contributed by atoms with Gasteiger partial charge in [0.05, 0.1) is 0 Å². The summed E-state index contributed by atoms with van der Waals surface area (Å²) in [5.74, 6) is 0.0181. The smallest absolute Gasteiger partial charge is 0.410 e. The van der Waals surface area contributed by atoms with Crippen LogP contribution in [0.25, 0.3) is 0 Å². The quantitative estimate of drug-likeness (QED) is 0.749. The van der Waals surface area contributed by atoms with E-state index in [2.05, 4.69) is 6.92 Å². The monoisotopic (exact) mass is 352 g/mol. The maximum absolute atomic E-state index is 13.7. The third kappa shape index (κ3) is 7.43. The van der Waals surface area contributed by atoms with E-state index in [9.17, 15) is 9.18 Å². The molecule has 0 radical (unpaired) electrons. The fourth-order valence-electron chi connectivity index (χ4n) is 2.75. The van der Waals surface area contributed by atoms with Gasteiger partial charge in [-0.3, -0.25) is 0 Å². The maximum Gasteiger partial charge on any atom is 0.410 e. The van der Waals surface area contributed by atoms with Crippen LogP contribution in [-0.2, 0) is 17.7 Å². The fourth-order valence-corrected chi connectivity index (χ4v) is 2.75. The highest BCUT2D eigenvalue weighted by atomic mass is 19.1. The predicted molar refractivity (Wildman–Crippen MR) is 99.9 cm³/mol. The van der Waals surface area contributed by atoms with Crippen molar-refractivity contribution < 1.29 is 13.9 Å². The zero-order valence-corrected chi connectivity index (χ0v) is 16.3. The van der Waals surface area contributed by atoms with Crippen molar-refractivity contribution in [3.63, 3.8) is 0 Å². The lowest BCUT2D eigenvalue weighted by atomic mass is 10.0. The van der Waals surface area contributed by atoms with E-state index < -0.39 is 5.60 Å². The molecule has 0 heterocycles. The molecule has 0 aliphatic carbocycles. The summed E-state index contributed by atoms with van der Waals surface area (Å²) >= 11 is 0. The van der Waals surface area contributed by atoms with E-state index in [1.807, 2.05) is 33.8 Å². The van der Waals surface area contributed by atoms with Crippen LogP contribution in [0, 0.1) is 11.7 Å². The molecular formula is C20H33FN2O2. The number of nitrogens with two attached hydrogens (primary N) is 1. The van der Waals surface area contributed by atoms with Crippen molar-refractivity contribution in [1.29, 1.82) is 0 Å². The molecule has 0 spiro atoms. The second-order valence-electron chi connectivity index (χ2n) is 7.53. The van der Waals surface area contributed by atoms with Gasteiger partial charge in [0.1, 0.15) is 11.4 Å². The Bertz CT molecular complexity index is 555. The molecule has 142 valence electrons. The number of benzene rings is 1. The summed E-state index contributed by atoms with van der Waals surface area (Å²) in [4.78, 5) is 14.3. The van der Waals surface area contributed by atoms with E-state index in [1.54, 1.807) is 11.0 Å². The number of ether oxygens (including phenoxy) is 1. The van der Waals surface area contributed by atoms with E-state index in [-0.39, 0.29) is 17.8 Å². The highest BCUT2D eigenvalue weighted by Gasteiger charge is 2.24. The molecule has 0 fully saturated rings. The second-order valence-corrected chi connectivity index (χ2v) is 7.53. The van der Waals surface area contributed by atoms with Crippen LogP contribution in [0.3, 0.4) is 0 Å². The van der Waals surface area contributed by atoms with Gasteiger partial charge in [0, 0.05) is 13.1 Å².